The van der Waals surface area contributed by atoms with Crippen molar-refractivity contribution >= 4 is 0 Å². The predicted octanol–water partition coefficient (Wildman–Crippen LogP) is 6.30. The molecule has 0 radical (unpaired) electrons. The summed E-state index contributed by atoms with van der Waals surface area (Å²) in [4.78, 5) is 0. The minimum atomic E-state index is 0. The smallest absolute Gasteiger partial charge is 0.358 e. The van der Waals surface area contributed by atoms with Gasteiger partial charge in [-0.05, 0) is 0 Å². The van der Waals surface area contributed by atoms with E-state index >= 15 is 0 Å². The van der Waals surface area contributed by atoms with Crippen LogP contribution in [-0.2, 0) is 36.7 Å². The van der Waals surface area contributed by atoms with Crippen LogP contribution in [-0.4, -0.2) is 0 Å². The molecule has 0 saturated carbocycles. The van der Waals surface area contributed by atoms with Crippen molar-refractivity contribution in [2.24, 2.45) is 0 Å². The zero-order valence-corrected chi connectivity index (χ0v) is 18.7. The molecule has 0 bridgehead atoms. The van der Waals surface area contributed by atoms with Crippen LogP contribution in [0.4, 0.5) is 0 Å². The van der Waals surface area contributed by atoms with E-state index in [1.807, 2.05) is 0 Å². The maximum absolute atomic E-state index is 2.22. The maximum atomic E-state index is 2.22. The van der Waals surface area contributed by atoms with Crippen molar-refractivity contribution in [3.8, 4) is 0 Å². The molecule has 0 spiro atoms. The molecular weight excluding hydrogens is 419 g/mol. The summed E-state index contributed by atoms with van der Waals surface area (Å²) in [6, 6.07) is 17.0. The van der Waals surface area contributed by atoms with Gasteiger partial charge in [0.1, 0.15) is 0 Å². The summed E-state index contributed by atoms with van der Waals surface area (Å²) in [5.74, 6) is 0. The molecule has 0 saturated heterocycles. The van der Waals surface area contributed by atoms with Crippen LogP contribution in [0, 0.1) is 14.9 Å². The zero-order valence-electron chi connectivity index (χ0n) is 15.1. The second kappa shape index (κ2) is 10.3. The van der Waals surface area contributed by atoms with Crippen molar-refractivity contribution in [1.82, 2.24) is 0 Å². The van der Waals surface area contributed by atoms with Gasteiger partial charge in [-0.15, -0.1) is 0 Å². The largest absolute Gasteiger partial charge is 4.00 e. The fraction of sp³-hybridized carbons (Fsp3) is 0.400. The minimum Gasteiger partial charge on any atom is -0.358 e. The predicted molar refractivity (Wildman–Crippen MR) is 94.3 cm³/mol. The Bertz CT molecular complexity index is 375. The molecule has 1 heteroatoms. The first-order valence-electron chi connectivity index (χ1n) is 6.65. The van der Waals surface area contributed by atoms with Crippen LogP contribution in [0.2, 0.25) is 0 Å². The van der Waals surface area contributed by atoms with Gasteiger partial charge in [-0.25, -0.2) is 12.1 Å². The second-order valence-electron chi connectivity index (χ2n) is 6.85. The van der Waals surface area contributed by atoms with Crippen LogP contribution in [0.15, 0.2) is 48.5 Å². The molecule has 2 aromatic carbocycles. The average molecular weight is 451 g/mol. The summed E-state index contributed by atoms with van der Waals surface area (Å²) >= 11 is 0. The molecule has 0 aliphatic carbocycles. The van der Waals surface area contributed by atoms with Gasteiger partial charge in [0.2, 0.25) is 0 Å². The van der Waals surface area contributed by atoms with Gasteiger partial charge in [0.25, 0.3) is 0 Å². The van der Waals surface area contributed by atoms with Crippen molar-refractivity contribution in [2.75, 3.05) is 0 Å². The first kappa shape index (κ1) is 25.5. The number of hydrogen-bond acceptors (Lipinski definition) is 0. The van der Waals surface area contributed by atoms with Gasteiger partial charge in [-0.1, -0.05) is 52.4 Å². The third-order valence-corrected chi connectivity index (χ3v) is 3.06. The Hall–Kier alpha value is -0.430. The first-order valence-corrected chi connectivity index (χ1v) is 6.65. The monoisotopic (exact) mass is 452 g/mol. The van der Waals surface area contributed by atoms with Crippen LogP contribution in [0.1, 0.15) is 52.7 Å². The molecule has 2 aromatic rings. The van der Waals surface area contributed by atoms with Crippen LogP contribution in [0.3, 0.4) is 0 Å². The molecule has 0 N–H and O–H groups in total. The fourth-order valence-corrected chi connectivity index (χ4v) is 1.75. The molecule has 0 nitrogen and oxygen atoms in total. The fourth-order valence-electron chi connectivity index (χ4n) is 1.75. The summed E-state index contributed by atoms with van der Waals surface area (Å²) in [7, 11) is 0. The van der Waals surface area contributed by atoms with Gasteiger partial charge in [-0.2, -0.15) is 47.5 Å². The molecule has 0 fully saturated rings. The van der Waals surface area contributed by atoms with E-state index in [9.17, 15) is 0 Å². The Kier molecular flexibility index (Phi) is 12.5. The van der Waals surface area contributed by atoms with E-state index < -0.39 is 0 Å². The second-order valence-corrected chi connectivity index (χ2v) is 6.85. The topological polar surface area (TPSA) is 0 Å². The minimum absolute atomic E-state index is 0. The average Bonchev–Trinajstić information content (AvgIpc) is 2.91. The molecule has 2 rings (SSSR count). The summed E-state index contributed by atoms with van der Waals surface area (Å²) in [5.41, 5.74) is 3.48. The standard InChI is InChI=1S/2C9H13.2CH3.Hf/c2*1-9(2,3)8-6-4-5-7-8;;;/h2*4-7H,1-3H3;2*1H3;/q4*-1;+4. The Balaban J connectivity index is -0.000000270. The molecule has 0 aliphatic rings. The molecule has 0 aromatic heterocycles. The van der Waals surface area contributed by atoms with Crippen molar-refractivity contribution in [2.45, 2.75) is 52.4 Å². The molecule has 0 amide bonds. The quantitative estimate of drug-likeness (QED) is 0.326. The molecule has 0 atom stereocenters. The summed E-state index contributed by atoms with van der Waals surface area (Å²) in [6.07, 6.45) is 0. The number of rotatable bonds is 0. The van der Waals surface area contributed by atoms with E-state index in [0.29, 0.717) is 10.8 Å². The normalized spacial score (nSPS) is 10.2. The summed E-state index contributed by atoms with van der Waals surface area (Å²) in [6.45, 7) is 13.3. The molecule has 0 heterocycles. The van der Waals surface area contributed by atoms with E-state index in [2.05, 4.69) is 90.1 Å². The van der Waals surface area contributed by atoms with Crippen LogP contribution < -0.4 is 0 Å². The Labute approximate surface area is 152 Å². The first-order chi connectivity index (χ1) is 8.21. The molecule has 0 unspecified atom stereocenters. The van der Waals surface area contributed by atoms with Crippen molar-refractivity contribution in [3.63, 3.8) is 0 Å². The Morgan fingerprint density at radius 1 is 0.667 bits per heavy atom. The number of hydrogen-bond donors (Lipinski definition) is 0. The van der Waals surface area contributed by atoms with E-state index in [4.69, 9.17) is 0 Å². The van der Waals surface area contributed by atoms with E-state index in [0.717, 1.165) is 0 Å². The van der Waals surface area contributed by atoms with Crippen molar-refractivity contribution in [1.29, 1.82) is 0 Å². The van der Waals surface area contributed by atoms with Gasteiger partial charge < -0.3 is 14.9 Å². The van der Waals surface area contributed by atoms with E-state index in [-0.39, 0.29) is 40.7 Å². The van der Waals surface area contributed by atoms with Crippen LogP contribution in [0.5, 0.6) is 0 Å². The maximum Gasteiger partial charge on any atom is 4.00 e. The van der Waals surface area contributed by atoms with Gasteiger partial charge in [0.05, 0.1) is 0 Å². The van der Waals surface area contributed by atoms with Crippen LogP contribution >= 0.6 is 0 Å². The zero-order chi connectivity index (χ0) is 13.8. The van der Waals surface area contributed by atoms with Gasteiger partial charge >= 0.3 is 25.8 Å². The van der Waals surface area contributed by atoms with Crippen molar-refractivity contribution in [3.05, 3.63) is 74.5 Å². The molecule has 21 heavy (non-hydrogen) atoms. The van der Waals surface area contributed by atoms with Gasteiger partial charge in [0, 0.05) is 0 Å². The molecule has 0 aliphatic heterocycles. The summed E-state index contributed by atoms with van der Waals surface area (Å²) in [5, 5.41) is 0. The van der Waals surface area contributed by atoms with E-state index in [1.165, 1.54) is 11.1 Å². The molecular formula is C20H32Hf. The molecule has 116 valence electrons. The van der Waals surface area contributed by atoms with Gasteiger partial charge in [-0.3, -0.25) is 0 Å². The Morgan fingerprint density at radius 2 is 0.952 bits per heavy atom. The SMILES string of the molecule is CC(C)(C)c1cc[cH-]c1.CC(C)(C)c1cc[cH-]c1.[CH3-].[CH3-].[Hf+4]. The Morgan fingerprint density at radius 3 is 1.05 bits per heavy atom. The summed E-state index contributed by atoms with van der Waals surface area (Å²) < 4.78 is 0. The van der Waals surface area contributed by atoms with Crippen LogP contribution in [0.25, 0.3) is 0 Å². The third-order valence-electron chi connectivity index (χ3n) is 3.06. The van der Waals surface area contributed by atoms with Gasteiger partial charge in [0.15, 0.2) is 0 Å². The van der Waals surface area contributed by atoms with Crippen molar-refractivity contribution < 1.29 is 25.8 Å². The third kappa shape index (κ3) is 9.24. The van der Waals surface area contributed by atoms with E-state index in [1.54, 1.807) is 0 Å².